The Labute approximate surface area is 116 Å². The number of amides is 1. The van der Waals surface area contributed by atoms with E-state index in [4.69, 9.17) is 0 Å². The van der Waals surface area contributed by atoms with Gasteiger partial charge in [0.1, 0.15) is 5.69 Å². The first-order chi connectivity index (χ1) is 8.72. The molecule has 1 aliphatic carbocycles. The Morgan fingerprint density at radius 1 is 1.56 bits per heavy atom. The molecule has 3 rings (SSSR count). The van der Waals surface area contributed by atoms with Gasteiger partial charge in [-0.25, -0.2) is 4.98 Å². The first kappa shape index (κ1) is 11.9. The molecular formula is C11H11BrN4OS. The van der Waals surface area contributed by atoms with Gasteiger partial charge in [0.25, 0.3) is 5.91 Å². The number of nitrogens with zero attached hydrogens (tertiary/aromatic N) is 3. The average molecular weight is 327 g/mol. The largest absolute Gasteiger partial charge is 0.318 e. The zero-order valence-electron chi connectivity index (χ0n) is 9.47. The number of thiazole rings is 1. The zero-order chi connectivity index (χ0) is 12.5. The molecule has 1 aliphatic rings. The normalized spacial score (nSPS) is 15.4. The first-order valence-electron chi connectivity index (χ1n) is 5.69. The van der Waals surface area contributed by atoms with E-state index in [-0.39, 0.29) is 5.91 Å². The Hall–Kier alpha value is -1.21. The molecule has 0 radical (unpaired) electrons. The number of anilines is 1. The van der Waals surface area contributed by atoms with E-state index in [1.54, 1.807) is 11.6 Å². The molecule has 5 nitrogen and oxygen atoms in total. The number of halogens is 1. The lowest BCUT2D eigenvalue weighted by molar-refractivity contribution is 0.102. The van der Waals surface area contributed by atoms with E-state index in [9.17, 15) is 4.79 Å². The minimum absolute atomic E-state index is 0.204. The summed E-state index contributed by atoms with van der Waals surface area (Å²) in [5.74, 6) is -0.204. The number of carbonyl (C=O) groups excluding carboxylic acids is 1. The number of nitrogens with one attached hydrogen (secondary N) is 1. The second-order valence-corrected chi connectivity index (χ2v) is 6.37. The Morgan fingerprint density at radius 3 is 3.00 bits per heavy atom. The fraction of sp³-hybridized carbons (Fsp3) is 0.364. The van der Waals surface area contributed by atoms with Crippen LogP contribution in [-0.2, 0) is 0 Å². The fourth-order valence-electron chi connectivity index (χ4n) is 1.80. The summed E-state index contributed by atoms with van der Waals surface area (Å²) in [6.07, 6.45) is 7.17. The molecule has 7 heteroatoms. The van der Waals surface area contributed by atoms with Crippen molar-refractivity contribution >= 4 is 38.9 Å². The zero-order valence-corrected chi connectivity index (χ0v) is 11.9. The average Bonchev–Trinajstić information content (AvgIpc) is 2.85. The van der Waals surface area contributed by atoms with Crippen LogP contribution in [0.2, 0.25) is 0 Å². The van der Waals surface area contributed by atoms with Gasteiger partial charge in [-0.15, -0.1) is 11.3 Å². The van der Waals surface area contributed by atoms with E-state index in [0.717, 1.165) is 5.69 Å². The molecule has 1 N–H and O–H groups in total. The third-order valence-corrected chi connectivity index (χ3v) is 4.38. The van der Waals surface area contributed by atoms with Crippen molar-refractivity contribution in [2.45, 2.75) is 25.3 Å². The summed E-state index contributed by atoms with van der Waals surface area (Å²) in [6.45, 7) is 0. The molecule has 1 amide bonds. The Bertz CT molecular complexity index is 575. The van der Waals surface area contributed by atoms with Crippen molar-refractivity contribution < 1.29 is 4.79 Å². The van der Waals surface area contributed by atoms with Crippen molar-refractivity contribution in [1.82, 2.24) is 14.8 Å². The Morgan fingerprint density at radius 2 is 2.39 bits per heavy atom. The minimum Gasteiger partial charge on any atom is -0.318 e. The second-order valence-electron chi connectivity index (χ2n) is 4.23. The summed E-state index contributed by atoms with van der Waals surface area (Å²) in [5.41, 5.74) is 1.14. The van der Waals surface area contributed by atoms with Crippen molar-refractivity contribution in [3.05, 3.63) is 27.4 Å². The highest BCUT2D eigenvalue weighted by molar-refractivity contribution is 9.11. The molecule has 2 aromatic rings. The van der Waals surface area contributed by atoms with Gasteiger partial charge in [0.05, 0.1) is 17.9 Å². The van der Waals surface area contributed by atoms with Crippen LogP contribution in [0.3, 0.4) is 0 Å². The number of hydrogen-bond acceptors (Lipinski definition) is 4. The number of rotatable bonds is 3. The van der Waals surface area contributed by atoms with Crippen LogP contribution in [0, 0.1) is 0 Å². The summed E-state index contributed by atoms with van der Waals surface area (Å²) >= 11 is 4.63. The molecule has 0 aromatic carbocycles. The van der Waals surface area contributed by atoms with Gasteiger partial charge >= 0.3 is 0 Å². The molecule has 2 aromatic heterocycles. The molecule has 0 spiro atoms. The molecular weight excluding hydrogens is 316 g/mol. The van der Waals surface area contributed by atoms with E-state index in [0.29, 0.717) is 15.7 Å². The van der Waals surface area contributed by atoms with Gasteiger partial charge in [-0.05, 0) is 35.2 Å². The molecule has 1 fully saturated rings. The topological polar surface area (TPSA) is 59.8 Å². The van der Waals surface area contributed by atoms with Gasteiger partial charge in [-0.3, -0.25) is 9.48 Å². The first-order valence-corrected chi connectivity index (χ1v) is 7.36. The van der Waals surface area contributed by atoms with Crippen LogP contribution < -0.4 is 5.32 Å². The van der Waals surface area contributed by atoms with Crippen molar-refractivity contribution in [1.29, 1.82) is 0 Å². The third-order valence-electron chi connectivity index (χ3n) is 3.02. The van der Waals surface area contributed by atoms with Gasteiger partial charge in [0, 0.05) is 11.6 Å². The quantitative estimate of drug-likeness (QED) is 0.942. The highest BCUT2D eigenvalue weighted by Crippen LogP contribution is 2.31. The van der Waals surface area contributed by atoms with Crippen LogP contribution in [0.1, 0.15) is 35.8 Å². The standard InChI is InChI=1S/C11H11BrN4OS/c12-11-15-9(6-18-11)10(17)14-7-4-13-16(5-7)8-2-1-3-8/h4-6,8H,1-3H2,(H,14,17). The van der Waals surface area contributed by atoms with Gasteiger partial charge in [0.15, 0.2) is 3.92 Å². The van der Waals surface area contributed by atoms with Crippen LogP contribution in [0.25, 0.3) is 0 Å². The summed E-state index contributed by atoms with van der Waals surface area (Å²) in [5, 5.41) is 8.78. The van der Waals surface area contributed by atoms with E-state index < -0.39 is 0 Å². The number of carbonyl (C=O) groups is 1. The van der Waals surface area contributed by atoms with Crippen LogP contribution in [0.5, 0.6) is 0 Å². The molecule has 2 heterocycles. The van der Waals surface area contributed by atoms with Crippen molar-refractivity contribution in [3.8, 4) is 0 Å². The van der Waals surface area contributed by atoms with E-state index in [1.165, 1.54) is 30.6 Å². The molecule has 0 bridgehead atoms. The van der Waals surface area contributed by atoms with E-state index in [2.05, 4.69) is 31.3 Å². The Kier molecular flexibility index (Phi) is 3.17. The minimum atomic E-state index is -0.204. The molecule has 0 saturated heterocycles. The molecule has 18 heavy (non-hydrogen) atoms. The molecule has 0 unspecified atom stereocenters. The maximum atomic E-state index is 11.9. The van der Waals surface area contributed by atoms with Gasteiger partial charge in [-0.1, -0.05) is 0 Å². The third kappa shape index (κ3) is 2.32. The van der Waals surface area contributed by atoms with Crippen molar-refractivity contribution in [3.63, 3.8) is 0 Å². The highest BCUT2D eigenvalue weighted by atomic mass is 79.9. The summed E-state index contributed by atoms with van der Waals surface area (Å²) in [6, 6.07) is 0.504. The van der Waals surface area contributed by atoms with Crippen molar-refractivity contribution in [2.24, 2.45) is 0 Å². The van der Waals surface area contributed by atoms with E-state index >= 15 is 0 Å². The van der Waals surface area contributed by atoms with Crippen LogP contribution in [-0.4, -0.2) is 20.7 Å². The highest BCUT2D eigenvalue weighted by Gasteiger charge is 2.20. The lowest BCUT2D eigenvalue weighted by atomic mass is 9.93. The molecule has 0 atom stereocenters. The van der Waals surface area contributed by atoms with Gasteiger partial charge in [0.2, 0.25) is 0 Å². The van der Waals surface area contributed by atoms with Gasteiger partial charge in [-0.2, -0.15) is 5.10 Å². The van der Waals surface area contributed by atoms with Gasteiger partial charge < -0.3 is 5.32 Å². The summed E-state index contributed by atoms with van der Waals surface area (Å²) in [4.78, 5) is 15.9. The van der Waals surface area contributed by atoms with Crippen molar-refractivity contribution in [2.75, 3.05) is 5.32 Å². The smallest absolute Gasteiger partial charge is 0.275 e. The number of aromatic nitrogens is 3. The molecule has 1 saturated carbocycles. The predicted octanol–water partition coefficient (Wildman–Crippen LogP) is 3.08. The van der Waals surface area contributed by atoms with Crippen LogP contribution in [0.4, 0.5) is 5.69 Å². The van der Waals surface area contributed by atoms with Crippen LogP contribution in [0.15, 0.2) is 21.7 Å². The monoisotopic (exact) mass is 326 g/mol. The fourth-order valence-corrected chi connectivity index (χ4v) is 2.80. The summed E-state index contributed by atoms with van der Waals surface area (Å²) in [7, 11) is 0. The van der Waals surface area contributed by atoms with Crippen LogP contribution >= 0.6 is 27.3 Å². The second kappa shape index (κ2) is 4.81. The lowest BCUT2D eigenvalue weighted by Gasteiger charge is -2.25. The Balaban J connectivity index is 1.68. The predicted molar refractivity (Wildman–Crippen MR) is 72.9 cm³/mol. The maximum Gasteiger partial charge on any atom is 0.275 e. The van der Waals surface area contributed by atoms with E-state index in [1.807, 2.05) is 10.9 Å². The molecule has 94 valence electrons. The maximum absolute atomic E-state index is 11.9. The SMILES string of the molecule is O=C(Nc1cnn(C2CCC2)c1)c1csc(Br)n1. The number of hydrogen-bond donors (Lipinski definition) is 1. The molecule has 0 aliphatic heterocycles. The lowest BCUT2D eigenvalue weighted by Crippen LogP contribution is -2.17. The summed E-state index contributed by atoms with van der Waals surface area (Å²) < 4.78 is 2.63.